The molecule has 1 aromatic heterocycles. The summed E-state index contributed by atoms with van der Waals surface area (Å²) >= 11 is 0. The van der Waals surface area contributed by atoms with E-state index in [1.54, 1.807) is 0 Å². The van der Waals surface area contributed by atoms with E-state index in [0.717, 1.165) is 31.2 Å². The maximum Gasteiger partial charge on any atom is 0.492 e. The zero-order valence-electron chi connectivity index (χ0n) is 13.3. The van der Waals surface area contributed by atoms with Crippen LogP contribution in [0.2, 0.25) is 0 Å². The fraction of sp³-hybridized carbons (Fsp3) is 0.250. The molecule has 1 aromatic carbocycles. The Morgan fingerprint density at radius 1 is 1.23 bits per heavy atom. The van der Waals surface area contributed by atoms with Crippen molar-refractivity contribution < 1.29 is 32.8 Å². The van der Waals surface area contributed by atoms with Gasteiger partial charge in [0.1, 0.15) is 11.6 Å². The molecule has 2 aromatic rings. The standard InChI is InChI=1S/C16H14BF3N2O4/c18-16(19,20)10-5-6-21-14(8-10)22-15(23)9-1-4-12(17(24)25)13(7-9)26-11-2-3-11/h1,4-8,11,24-25H,2-3H2,(H,21,22,23). The molecule has 136 valence electrons. The molecular weight excluding hydrogens is 352 g/mol. The van der Waals surface area contributed by atoms with E-state index in [1.807, 2.05) is 0 Å². The van der Waals surface area contributed by atoms with Gasteiger partial charge in [-0.3, -0.25) is 4.79 Å². The molecule has 3 N–H and O–H groups in total. The van der Waals surface area contributed by atoms with Gasteiger partial charge in [0.15, 0.2) is 0 Å². The van der Waals surface area contributed by atoms with E-state index in [-0.39, 0.29) is 28.7 Å². The summed E-state index contributed by atoms with van der Waals surface area (Å²) < 4.78 is 43.7. The molecule has 10 heteroatoms. The third kappa shape index (κ3) is 4.33. The number of hydrogen-bond acceptors (Lipinski definition) is 5. The van der Waals surface area contributed by atoms with E-state index in [9.17, 15) is 28.0 Å². The number of benzene rings is 1. The Hall–Kier alpha value is -2.59. The van der Waals surface area contributed by atoms with Crippen molar-refractivity contribution in [2.24, 2.45) is 0 Å². The second-order valence-corrected chi connectivity index (χ2v) is 5.83. The molecule has 1 aliphatic carbocycles. The molecule has 3 rings (SSSR count). The van der Waals surface area contributed by atoms with Crippen molar-refractivity contribution in [1.82, 2.24) is 4.98 Å². The van der Waals surface area contributed by atoms with Crippen LogP contribution in [0.15, 0.2) is 36.5 Å². The summed E-state index contributed by atoms with van der Waals surface area (Å²) in [4.78, 5) is 16.0. The lowest BCUT2D eigenvalue weighted by Crippen LogP contribution is -2.32. The number of halogens is 3. The monoisotopic (exact) mass is 366 g/mol. The van der Waals surface area contributed by atoms with Gasteiger partial charge in [-0.05, 0) is 37.1 Å². The second-order valence-electron chi connectivity index (χ2n) is 5.83. The van der Waals surface area contributed by atoms with Gasteiger partial charge in [-0.25, -0.2) is 4.98 Å². The highest BCUT2D eigenvalue weighted by Gasteiger charge is 2.31. The number of anilines is 1. The molecule has 1 heterocycles. The van der Waals surface area contributed by atoms with Crippen LogP contribution in [0.1, 0.15) is 28.8 Å². The molecule has 1 fully saturated rings. The van der Waals surface area contributed by atoms with Gasteiger partial charge in [-0.1, -0.05) is 6.07 Å². The first kappa shape index (κ1) is 18.2. The van der Waals surface area contributed by atoms with Gasteiger partial charge in [-0.15, -0.1) is 0 Å². The maximum absolute atomic E-state index is 12.7. The van der Waals surface area contributed by atoms with Crippen molar-refractivity contribution in [2.45, 2.75) is 25.1 Å². The highest BCUT2D eigenvalue weighted by molar-refractivity contribution is 6.59. The Morgan fingerprint density at radius 2 is 1.96 bits per heavy atom. The lowest BCUT2D eigenvalue weighted by atomic mass is 9.79. The summed E-state index contributed by atoms with van der Waals surface area (Å²) in [7, 11) is -1.77. The molecule has 0 spiro atoms. The molecule has 6 nitrogen and oxygen atoms in total. The van der Waals surface area contributed by atoms with Crippen molar-refractivity contribution in [2.75, 3.05) is 5.32 Å². The third-order valence-electron chi connectivity index (χ3n) is 3.70. The van der Waals surface area contributed by atoms with Crippen LogP contribution in [-0.4, -0.2) is 34.2 Å². The fourth-order valence-corrected chi connectivity index (χ4v) is 2.22. The lowest BCUT2D eigenvalue weighted by molar-refractivity contribution is -0.137. The molecule has 1 amide bonds. The lowest BCUT2D eigenvalue weighted by Gasteiger charge is -2.13. The third-order valence-corrected chi connectivity index (χ3v) is 3.70. The minimum atomic E-state index is -4.55. The first-order chi connectivity index (χ1) is 12.2. The molecular formula is C16H14BF3N2O4. The van der Waals surface area contributed by atoms with Crippen LogP contribution in [0.5, 0.6) is 5.75 Å². The minimum absolute atomic E-state index is 0.0454. The number of nitrogens with one attached hydrogen (secondary N) is 1. The Labute approximate surface area is 146 Å². The Balaban J connectivity index is 1.81. The molecule has 0 unspecified atom stereocenters. The Morgan fingerprint density at radius 3 is 2.58 bits per heavy atom. The summed E-state index contributed by atoms with van der Waals surface area (Å²) in [6.07, 6.45) is -1.99. The summed E-state index contributed by atoms with van der Waals surface area (Å²) in [6, 6.07) is 5.48. The second kappa shape index (κ2) is 6.97. The number of alkyl halides is 3. The van der Waals surface area contributed by atoms with Crippen LogP contribution < -0.4 is 15.5 Å². The number of carbonyl (C=O) groups is 1. The van der Waals surface area contributed by atoms with Crippen LogP contribution >= 0.6 is 0 Å². The molecule has 1 saturated carbocycles. The van der Waals surface area contributed by atoms with Gasteiger partial charge >= 0.3 is 13.3 Å². The van der Waals surface area contributed by atoms with Crippen molar-refractivity contribution in [3.8, 4) is 5.75 Å². The number of rotatable bonds is 5. The first-order valence-electron chi connectivity index (χ1n) is 7.75. The van der Waals surface area contributed by atoms with Gasteiger partial charge < -0.3 is 20.1 Å². The van der Waals surface area contributed by atoms with Gasteiger partial charge in [0.05, 0.1) is 11.7 Å². The molecule has 0 atom stereocenters. The average molecular weight is 366 g/mol. The van der Waals surface area contributed by atoms with Crippen LogP contribution in [0, 0.1) is 0 Å². The minimum Gasteiger partial charge on any atom is -0.491 e. The normalized spacial score (nSPS) is 14.0. The summed E-state index contributed by atoms with van der Waals surface area (Å²) in [5, 5.41) is 21.0. The molecule has 0 aliphatic heterocycles. The quantitative estimate of drug-likeness (QED) is 0.699. The van der Waals surface area contributed by atoms with Crippen molar-refractivity contribution in [3.05, 3.63) is 47.7 Å². The molecule has 26 heavy (non-hydrogen) atoms. The topological polar surface area (TPSA) is 91.7 Å². The van der Waals surface area contributed by atoms with Gasteiger partial charge in [0, 0.05) is 17.2 Å². The van der Waals surface area contributed by atoms with E-state index in [0.29, 0.717) is 0 Å². The summed E-state index contributed by atoms with van der Waals surface area (Å²) in [6.45, 7) is 0. The van der Waals surface area contributed by atoms with E-state index in [1.165, 1.54) is 18.2 Å². The predicted octanol–water partition coefficient (Wildman–Crippen LogP) is 1.57. The van der Waals surface area contributed by atoms with Crippen LogP contribution in [0.3, 0.4) is 0 Å². The molecule has 1 aliphatic rings. The smallest absolute Gasteiger partial charge is 0.491 e. The van der Waals surface area contributed by atoms with E-state index in [4.69, 9.17) is 4.74 Å². The molecule has 0 radical (unpaired) electrons. The van der Waals surface area contributed by atoms with Crippen molar-refractivity contribution >= 4 is 24.3 Å². The number of aromatic nitrogens is 1. The van der Waals surface area contributed by atoms with Gasteiger partial charge in [0.2, 0.25) is 0 Å². The van der Waals surface area contributed by atoms with E-state index >= 15 is 0 Å². The molecule has 0 bridgehead atoms. The van der Waals surface area contributed by atoms with E-state index < -0.39 is 24.8 Å². The maximum atomic E-state index is 12.7. The zero-order chi connectivity index (χ0) is 18.9. The number of pyridine rings is 1. The number of hydrogen-bond donors (Lipinski definition) is 3. The summed E-state index contributed by atoms with van der Waals surface area (Å²) in [5.74, 6) is -0.802. The fourth-order valence-electron chi connectivity index (χ4n) is 2.22. The van der Waals surface area contributed by atoms with Crippen molar-refractivity contribution in [1.29, 1.82) is 0 Å². The predicted molar refractivity (Wildman–Crippen MR) is 87.1 cm³/mol. The highest BCUT2D eigenvalue weighted by atomic mass is 19.4. The van der Waals surface area contributed by atoms with Crippen LogP contribution in [0.25, 0.3) is 0 Å². The SMILES string of the molecule is O=C(Nc1cc(C(F)(F)F)ccn1)c1ccc(B(O)O)c(OC2CC2)c1. The van der Waals surface area contributed by atoms with Crippen LogP contribution in [-0.2, 0) is 6.18 Å². The average Bonchev–Trinajstić information content (AvgIpc) is 3.38. The zero-order valence-corrected chi connectivity index (χ0v) is 13.3. The Kier molecular flexibility index (Phi) is 4.88. The van der Waals surface area contributed by atoms with Crippen LogP contribution in [0.4, 0.5) is 19.0 Å². The van der Waals surface area contributed by atoms with Crippen molar-refractivity contribution in [3.63, 3.8) is 0 Å². The number of nitrogens with zero attached hydrogens (tertiary/aromatic N) is 1. The number of carbonyl (C=O) groups excluding carboxylic acids is 1. The van der Waals surface area contributed by atoms with Gasteiger partial charge in [0.25, 0.3) is 5.91 Å². The van der Waals surface area contributed by atoms with Gasteiger partial charge in [-0.2, -0.15) is 13.2 Å². The highest BCUT2D eigenvalue weighted by Crippen LogP contribution is 2.30. The first-order valence-corrected chi connectivity index (χ1v) is 7.75. The molecule has 0 saturated heterocycles. The number of ether oxygens (including phenoxy) is 1. The van der Waals surface area contributed by atoms with E-state index in [2.05, 4.69) is 10.3 Å². The summed E-state index contributed by atoms with van der Waals surface area (Å²) in [5.41, 5.74) is -0.741. The Bertz CT molecular complexity index is 825. The number of amides is 1. The largest absolute Gasteiger partial charge is 0.492 e.